The maximum atomic E-state index is 10.5. The standard InChI is InChI=1S/C29H50O2.C12H17N4OS.C8H11NO3.C8H14O2S2.C6H6N2O.C6H8O6.ClH/c1-20(2)12-9-13-21(3)14-10-15-22(4)16-11-18-29(8)19-17-26-25(7)27(30)23(5)24(6)28(26)31-29;1-8-11(3-4-17)18-7-16(8)6-10-5-14-9(2)15-12(10)13;1-5-8(12)7(4-11)6(3-10)2-9-5;9-8(10)4-2-1-3-7-5-6-11-12-7;7-6(9)5-2-1-3-8-4-5;7-1-2(8)5-3(9)4(10)6(11)12-5;/h20-22,30H,9-19H2,1-8H3;5,7,17H,3-4,6H2,1-2H3,(H2,13,14,15);2,10-12H,3-4H2,1H3;7H,1-6H2,(H,9,10);1-4H,(H2,7,9);2,5,7-10H,1H2;1H/q;+1;;;;;/p-1/t21-,22-,29-;;;;;2-,5+;/m1....0./s1. The number of aliphatic hydroxyl groups excluding tert-OH is 7. The average Bonchev–Trinajstić information content (AvgIpc) is 1.65. The van der Waals surface area contributed by atoms with Crippen LogP contribution in [0.1, 0.15) is 202 Å². The zero-order valence-electron chi connectivity index (χ0n) is 57.3. The molecule has 1 unspecified atom stereocenters. The van der Waals surface area contributed by atoms with Crippen LogP contribution in [0.5, 0.6) is 17.2 Å². The first kappa shape index (κ1) is 85.1. The summed E-state index contributed by atoms with van der Waals surface area (Å²) in [5, 5.41) is 90.6. The molecule has 14 N–H and O–H groups in total. The number of anilines is 1. The van der Waals surface area contributed by atoms with Crippen LogP contribution in [-0.4, -0.2) is 131 Å². The van der Waals surface area contributed by atoms with Crippen LogP contribution >= 0.6 is 32.9 Å². The second kappa shape index (κ2) is 44.0. The molecule has 0 saturated carbocycles. The molecule has 0 radical (unpaired) electrons. The van der Waals surface area contributed by atoms with Crippen molar-refractivity contribution < 1.29 is 91.9 Å². The number of benzene rings is 1. The van der Waals surface area contributed by atoms with Crippen LogP contribution in [0.15, 0.2) is 53.9 Å². The molecule has 3 aliphatic rings. The van der Waals surface area contributed by atoms with Gasteiger partial charge in [-0.2, -0.15) is 4.57 Å². The molecule has 3 aliphatic heterocycles. The van der Waals surface area contributed by atoms with E-state index in [-0.39, 0.29) is 43.6 Å². The van der Waals surface area contributed by atoms with E-state index in [9.17, 15) is 24.6 Å². The van der Waals surface area contributed by atoms with Crippen molar-refractivity contribution in [1.29, 1.82) is 0 Å². The van der Waals surface area contributed by atoms with E-state index in [0.717, 1.165) is 88.8 Å². The van der Waals surface area contributed by atoms with Crippen molar-refractivity contribution in [2.75, 3.05) is 24.7 Å². The number of fused-ring (bicyclic) bond motifs is 1. The molecule has 532 valence electrons. The number of amides is 1. The van der Waals surface area contributed by atoms with Crippen molar-refractivity contribution in [3.63, 3.8) is 0 Å². The van der Waals surface area contributed by atoms with E-state index in [2.05, 4.69) is 70.8 Å². The number of phenolic OH excluding ortho intramolecular Hbond substituents is 1. The lowest BCUT2D eigenvalue weighted by atomic mass is 9.84. The number of phenols is 1. The van der Waals surface area contributed by atoms with E-state index in [0.29, 0.717) is 59.2 Å². The van der Waals surface area contributed by atoms with Gasteiger partial charge in [0.15, 0.2) is 24.1 Å². The van der Waals surface area contributed by atoms with E-state index in [1.165, 1.54) is 92.8 Å². The first-order valence-electron chi connectivity index (χ1n) is 32.4. The third kappa shape index (κ3) is 28.9. The van der Waals surface area contributed by atoms with Crippen molar-refractivity contribution in [3.05, 3.63) is 121 Å². The van der Waals surface area contributed by atoms with Gasteiger partial charge in [0.05, 0.1) is 41.5 Å². The minimum Gasteiger partial charge on any atom is -1.00 e. The Morgan fingerprint density at radius 3 is 2.01 bits per heavy atom. The fraction of sp³-hybridized carbons (Fsp3) is 0.594. The molecule has 26 heteroatoms. The van der Waals surface area contributed by atoms with Crippen molar-refractivity contribution in [1.82, 2.24) is 19.9 Å². The number of aliphatic carboxylic acids is 1. The highest BCUT2D eigenvalue weighted by molar-refractivity contribution is 8.77. The Labute approximate surface area is 579 Å². The van der Waals surface area contributed by atoms with Crippen LogP contribution in [-0.2, 0) is 46.9 Å². The number of carbonyl (C=O) groups is 3. The average molecular weight is 1410 g/mol. The minimum absolute atomic E-state index is 0. The number of thiazole rings is 1. The highest BCUT2D eigenvalue weighted by atomic mass is 35.5. The highest BCUT2D eigenvalue weighted by Gasteiger charge is 2.39. The summed E-state index contributed by atoms with van der Waals surface area (Å²) in [6, 6.07) is 3.29. The van der Waals surface area contributed by atoms with Gasteiger partial charge in [0, 0.05) is 78.9 Å². The van der Waals surface area contributed by atoms with Crippen LogP contribution in [0.2, 0.25) is 0 Å². The number of carbonyl (C=O) groups excluding carboxylic acids is 2. The Balaban J connectivity index is 0.000000411. The molecule has 1 amide bonds. The zero-order valence-corrected chi connectivity index (χ0v) is 60.5. The number of pyridine rings is 2. The van der Waals surface area contributed by atoms with Gasteiger partial charge in [-0.05, 0) is 133 Å². The van der Waals surface area contributed by atoms with Crippen LogP contribution in [0.4, 0.5) is 5.82 Å². The number of nitrogen functional groups attached to an aromatic ring is 1. The van der Waals surface area contributed by atoms with Gasteiger partial charge >= 0.3 is 11.9 Å². The predicted molar refractivity (Wildman–Crippen MR) is 370 cm³/mol. The molecule has 95 heavy (non-hydrogen) atoms. The summed E-state index contributed by atoms with van der Waals surface area (Å²) in [6.45, 7) is 23.1. The molecule has 1 saturated heterocycles. The fourth-order valence-corrected chi connectivity index (χ4v) is 14.6. The van der Waals surface area contributed by atoms with Crippen molar-refractivity contribution in [3.8, 4) is 17.2 Å². The predicted octanol–water partition coefficient (Wildman–Crippen LogP) is 8.09. The number of primary amides is 1. The van der Waals surface area contributed by atoms with Gasteiger partial charge < -0.3 is 84.4 Å². The third-order valence-corrected chi connectivity index (χ3v) is 20.9. The van der Waals surface area contributed by atoms with Crippen molar-refractivity contribution in [2.45, 2.75) is 228 Å². The number of aliphatic hydroxyl groups is 7. The molecule has 5 aromatic rings. The Bertz CT molecular complexity index is 3170. The van der Waals surface area contributed by atoms with Gasteiger partial charge in [-0.15, -0.1) is 0 Å². The fourth-order valence-electron chi connectivity index (χ4n) is 10.6. The maximum absolute atomic E-state index is 10.5. The molecule has 7 heterocycles. The maximum Gasteiger partial charge on any atom is 0.377 e. The number of aromatic hydroxyl groups is 2. The number of hydrogen-bond acceptors (Lipinski definition) is 22. The SMILES string of the molecule is Cc1c(C)c2c(c(C)c1O)CC[C@@](C)(CCC[C@H](C)CCC[C@H](C)CCCC(C)C)O2.Cc1ncc(CO)c(CO)c1O.Cc1ncc(C[n+]2csc(CCO)c2C)c(N)n1.NC(=O)c1cccnc1.O=C(O)CCCCC1CCSS1.O=C1O[C@H]([C@@H](O)CO)C(O)=C1O.[Cl-]. The van der Waals surface area contributed by atoms with Crippen LogP contribution in [0.25, 0.3) is 0 Å². The lowest BCUT2D eigenvalue weighted by Gasteiger charge is -2.38. The summed E-state index contributed by atoms with van der Waals surface area (Å²) in [7, 11) is 3.92. The monoisotopic (exact) mass is 1400 g/mol. The largest absolute Gasteiger partial charge is 1.00 e. The van der Waals surface area contributed by atoms with Gasteiger partial charge in [-0.25, -0.2) is 14.8 Å². The Kier molecular flexibility index (Phi) is 39.4. The first-order chi connectivity index (χ1) is 44.5. The number of hydrogen-bond donors (Lipinski definition) is 12. The van der Waals surface area contributed by atoms with Crippen molar-refractivity contribution >= 4 is 56.6 Å². The zero-order chi connectivity index (χ0) is 70.2. The second-order valence-electron chi connectivity index (χ2n) is 25.0. The van der Waals surface area contributed by atoms with E-state index < -0.39 is 48.2 Å². The lowest BCUT2D eigenvalue weighted by Crippen LogP contribution is -3.00. The molecule has 0 aliphatic carbocycles. The number of esters is 1. The first-order valence-corrected chi connectivity index (χ1v) is 35.6. The van der Waals surface area contributed by atoms with Gasteiger partial charge in [0.25, 0.3) is 0 Å². The van der Waals surface area contributed by atoms with E-state index in [1.54, 1.807) is 42.8 Å². The number of ether oxygens (including phenoxy) is 2. The normalized spacial score (nSPS) is 17.0. The third-order valence-electron chi connectivity index (χ3n) is 16.8. The summed E-state index contributed by atoms with van der Waals surface area (Å²) in [6.07, 6.45) is 23.0. The summed E-state index contributed by atoms with van der Waals surface area (Å²) < 4.78 is 13.0. The number of nitrogens with two attached hydrogens (primary N) is 2. The van der Waals surface area contributed by atoms with Gasteiger partial charge in [0.1, 0.15) is 40.6 Å². The minimum atomic E-state index is -1.42. The van der Waals surface area contributed by atoms with Crippen molar-refractivity contribution in [2.24, 2.45) is 23.5 Å². The molecular formula is C69H106ClN7O15S3. The number of carboxylic acids is 1. The number of carboxylic acid groups (broad SMARTS) is 1. The van der Waals surface area contributed by atoms with Crippen LogP contribution in [0, 0.1) is 59.3 Å². The number of cyclic esters (lactones) is 1. The molecule has 4 aromatic heterocycles. The smallest absolute Gasteiger partial charge is 0.377 e. The van der Waals surface area contributed by atoms with Crippen LogP contribution in [0.3, 0.4) is 0 Å². The van der Waals surface area contributed by atoms with Gasteiger partial charge in [-0.1, -0.05) is 112 Å². The number of aromatic nitrogens is 5. The molecule has 22 nitrogen and oxygen atoms in total. The molecule has 1 fully saturated rings. The molecular weight excluding hydrogens is 1300 g/mol. The Hall–Kier alpha value is -6.03. The quantitative estimate of drug-likeness (QED) is 0.0108. The molecule has 0 spiro atoms. The van der Waals surface area contributed by atoms with Gasteiger partial charge in [-0.3, -0.25) is 19.6 Å². The number of unbranched alkanes of at least 4 members (excludes halogenated alkanes) is 1. The molecule has 6 atom stereocenters. The molecule has 8 rings (SSSR count). The molecule has 1 aromatic carbocycles. The highest BCUT2D eigenvalue weighted by Crippen LogP contribution is 2.45. The van der Waals surface area contributed by atoms with Gasteiger partial charge in [0.2, 0.25) is 17.2 Å². The van der Waals surface area contributed by atoms with E-state index >= 15 is 0 Å². The lowest BCUT2D eigenvalue weighted by molar-refractivity contribution is -0.689. The topological polar surface area (TPSA) is 379 Å². The Morgan fingerprint density at radius 2 is 1.48 bits per heavy atom. The summed E-state index contributed by atoms with van der Waals surface area (Å²) in [5.74, 6) is 2.60. The summed E-state index contributed by atoms with van der Waals surface area (Å²) in [5.41, 5.74) is 20.9. The second-order valence-corrected chi connectivity index (χ2v) is 28.7. The van der Waals surface area contributed by atoms with Crippen LogP contribution < -0.4 is 33.2 Å². The number of halogens is 1. The number of aryl methyl sites for hydroxylation is 2. The van der Waals surface area contributed by atoms with E-state index in [1.807, 2.05) is 54.8 Å². The Morgan fingerprint density at radius 1 is 0.832 bits per heavy atom. The number of rotatable bonds is 26. The molecule has 0 bridgehead atoms. The van der Waals surface area contributed by atoms with E-state index in [4.69, 9.17) is 57.1 Å². The summed E-state index contributed by atoms with van der Waals surface area (Å²) in [4.78, 5) is 48.2. The summed E-state index contributed by atoms with van der Waals surface area (Å²) >= 11 is 1.65. The number of nitrogens with zero attached hydrogens (tertiary/aromatic N) is 5.